The molecule has 2 aromatic carbocycles. The van der Waals surface area contributed by atoms with E-state index in [0.29, 0.717) is 42.1 Å². The van der Waals surface area contributed by atoms with Crippen LogP contribution in [0.3, 0.4) is 0 Å². The second-order valence-corrected chi connectivity index (χ2v) is 8.88. The van der Waals surface area contributed by atoms with Crippen LogP contribution in [0, 0.1) is 0 Å². The van der Waals surface area contributed by atoms with Crippen molar-refractivity contribution in [1.29, 1.82) is 0 Å². The third-order valence-electron chi connectivity index (χ3n) is 6.42. The van der Waals surface area contributed by atoms with Gasteiger partial charge in [-0.15, -0.1) is 0 Å². The number of likely N-dealkylation sites (tertiary alicyclic amines) is 1. The molecule has 4 rings (SSSR count). The van der Waals surface area contributed by atoms with Crippen molar-refractivity contribution in [3.63, 3.8) is 0 Å². The number of nitrogens with zero attached hydrogens (tertiary/aromatic N) is 3. The van der Waals surface area contributed by atoms with Gasteiger partial charge in [-0.05, 0) is 57.4 Å². The van der Waals surface area contributed by atoms with Gasteiger partial charge >= 0.3 is 0 Å². The van der Waals surface area contributed by atoms with Gasteiger partial charge in [-0.3, -0.25) is 14.4 Å². The standard InChI is InChI=1S/C27H29N3O5/c1-5-17-35-19-13-11-18(12-14-19)23(31)22-24(32)25(33)30(16-8-15-28(2)3)27(22)20-9-6-7-10-21(20)29(4)26(27)34/h5-7,9-14,31H,1,8,15-17H2,2-4H3/t27-/m1/s1. The molecule has 2 amide bonds. The monoisotopic (exact) mass is 475 g/mol. The Balaban J connectivity index is 1.90. The fraction of sp³-hybridized carbons (Fsp3) is 0.296. The van der Waals surface area contributed by atoms with Crippen molar-refractivity contribution in [3.05, 3.63) is 77.9 Å². The molecule has 2 aromatic rings. The number of para-hydroxylation sites is 1. The largest absolute Gasteiger partial charge is 0.507 e. The van der Waals surface area contributed by atoms with Crippen molar-refractivity contribution < 1.29 is 24.2 Å². The number of hydrogen-bond donors (Lipinski definition) is 1. The molecule has 8 nitrogen and oxygen atoms in total. The predicted molar refractivity (Wildman–Crippen MR) is 133 cm³/mol. The second kappa shape index (κ2) is 9.38. The topological polar surface area (TPSA) is 90.4 Å². The summed E-state index contributed by atoms with van der Waals surface area (Å²) in [5.41, 5.74) is -0.538. The lowest BCUT2D eigenvalue weighted by molar-refractivity contribution is -0.143. The summed E-state index contributed by atoms with van der Waals surface area (Å²) in [6.07, 6.45) is 2.17. The average Bonchev–Trinajstić information content (AvgIpc) is 3.21. The molecule has 0 saturated carbocycles. The maximum atomic E-state index is 13.9. The highest BCUT2D eigenvalue weighted by Crippen LogP contribution is 2.53. The molecule has 0 aliphatic carbocycles. The summed E-state index contributed by atoms with van der Waals surface area (Å²) in [5.74, 6) is -1.96. The van der Waals surface area contributed by atoms with Crippen LogP contribution in [-0.4, -0.2) is 73.3 Å². The van der Waals surface area contributed by atoms with Gasteiger partial charge in [-0.2, -0.15) is 0 Å². The van der Waals surface area contributed by atoms with E-state index in [1.54, 1.807) is 61.7 Å². The third kappa shape index (κ3) is 3.80. The van der Waals surface area contributed by atoms with Gasteiger partial charge in [0.15, 0.2) is 5.54 Å². The van der Waals surface area contributed by atoms with Crippen LogP contribution in [0.15, 0.2) is 66.8 Å². The number of ketones is 1. The SMILES string of the molecule is C=CCOc1ccc(C(O)=C2C(=O)C(=O)N(CCCN(C)C)[C@@]23C(=O)N(C)c2ccccc23)cc1. The predicted octanol–water partition coefficient (Wildman–Crippen LogP) is 2.76. The van der Waals surface area contributed by atoms with Crippen LogP contribution in [0.25, 0.3) is 5.76 Å². The molecule has 1 spiro atoms. The van der Waals surface area contributed by atoms with Gasteiger partial charge in [0.2, 0.25) is 0 Å². The number of hydrogen-bond acceptors (Lipinski definition) is 6. The first-order valence-corrected chi connectivity index (χ1v) is 11.4. The number of Topliss-reactive ketones (excluding diaryl/α,β-unsaturated/α-hetero) is 1. The van der Waals surface area contributed by atoms with E-state index < -0.39 is 28.9 Å². The molecule has 1 fully saturated rings. The Bertz CT molecular complexity index is 1220. The minimum Gasteiger partial charge on any atom is -0.507 e. The van der Waals surface area contributed by atoms with E-state index in [0.717, 1.165) is 0 Å². The molecule has 0 aromatic heterocycles. The fourth-order valence-electron chi connectivity index (χ4n) is 4.82. The summed E-state index contributed by atoms with van der Waals surface area (Å²) in [7, 11) is 5.44. The molecule has 0 radical (unpaired) electrons. The third-order valence-corrected chi connectivity index (χ3v) is 6.42. The number of anilines is 1. The molecule has 1 saturated heterocycles. The Labute approximate surface area is 204 Å². The van der Waals surface area contributed by atoms with Crippen LogP contribution < -0.4 is 9.64 Å². The maximum absolute atomic E-state index is 13.9. The lowest BCUT2D eigenvalue weighted by Crippen LogP contribution is -2.51. The van der Waals surface area contributed by atoms with Gasteiger partial charge < -0.3 is 24.5 Å². The molecule has 182 valence electrons. The van der Waals surface area contributed by atoms with E-state index >= 15 is 0 Å². The Kier molecular flexibility index (Phi) is 6.49. The van der Waals surface area contributed by atoms with Crippen molar-refractivity contribution in [1.82, 2.24) is 9.80 Å². The molecule has 1 atom stereocenters. The molecule has 0 unspecified atom stereocenters. The zero-order valence-corrected chi connectivity index (χ0v) is 20.2. The molecule has 2 heterocycles. The molecular formula is C27H29N3O5. The first-order chi connectivity index (χ1) is 16.7. The van der Waals surface area contributed by atoms with Crippen LogP contribution in [-0.2, 0) is 19.9 Å². The Morgan fingerprint density at radius 2 is 1.80 bits per heavy atom. The quantitative estimate of drug-likeness (QED) is 0.273. The summed E-state index contributed by atoms with van der Waals surface area (Å²) >= 11 is 0. The van der Waals surface area contributed by atoms with Crippen LogP contribution in [0.1, 0.15) is 17.5 Å². The fourth-order valence-corrected chi connectivity index (χ4v) is 4.82. The summed E-state index contributed by atoms with van der Waals surface area (Å²) < 4.78 is 5.50. The number of ether oxygens (including phenoxy) is 1. The molecular weight excluding hydrogens is 446 g/mol. The summed E-state index contributed by atoms with van der Waals surface area (Å²) in [4.78, 5) is 45.4. The molecule has 8 heteroatoms. The lowest BCUT2D eigenvalue weighted by atomic mass is 9.82. The molecule has 35 heavy (non-hydrogen) atoms. The van der Waals surface area contributed by atoms with E-state index in [2.05, 4.69) is 6.58 Å². The van der Waals surface area contributed by atoms with Crippen LogP contribution in [0.4, 0.5) is 5.69 Å². The highest BCUT2D eigenvalue weighted by molar-refractivity contribution is 6.50. The van der Waals surface area contributed by atoms with Crippen molar-refractivity contribution in [2.75, 3.05) is 45.7 Å². The van der Waals surface area contributed by atoms with E-state index in [1.807, 2.05) is 19.0 Å². The van der Waals surface area contributed by atoms with Crippen LogP contribution in [0.5, 0.6) is 5.75 Å². The van der Waals surface area contributed by atoms with Crippen molar-refractivity contribution in [2.24, 2.45) is 0 Å². The minimum atomic E-state index is -1.73. The Morgan fingerprint density at radius 3 is 2.46 bits per heavy atom. The van der Waals surface area contributed by atoms with Gasteiger partial charge in [-0.1, -0.05) is 30.9 Å². The van der Waals surface area contributed by atoms with Gasteiger partial charge in [0, 0.05) is 30.4 Å². The normalized spacial score (nSPS) is 20.7. The number of carbonyl (C=O) groups is 3. The summed E-state index contributed by atoms with van der Waals surface area (Å²) in [5, 5.41) is 11.4. The van der Waals surface area contributed by atoms with E-state index in [4.69, 9.17) is 4.74 Å². The number of rotatable bonds is 8. The summed E-state index contributed by atoms with van der Waals surface area (Å²) in [6.45, 7) is 4.78. The van der Waals surface area contributed by atoms with E-state index in [-0.39, 0.29) is 12.1 Å². The molecule has 0 bridgehead atoms. The highest BCUT2D eigenvalue weighted by atomic mass is 16.5. The first-order valence-electron chi connectivity index (χ1n) is 11.4. The number of likely N-dealkylation sites (N-methyl/N-ethyl adjacent to an activating group) is 1. The summed E-state index contributed by atoms with van der Waals surface area (Å²) in [6, 6.07) is 13.5. The maximum Gasteiger partial charge on any atom is 0.296 e. The number of aliphatic hydroxyl groups excluding tert-OH is 1. The molecule has 1 N–H and O–H groups in total. The number of amides is 2. The number of benzene rings is 2. The van der Waals surface area contributed by atoms with E-state index in [9.17, 15) is 19.5 Å². The van der Waals surface area contributed by atoms with Gasteiger partial charge in [0.25, 0.3) is 17.6 Å². The van der Waals surface area contributed by atoms with Gasteiger partial charge in [0.05, 0.1) is 5.57 Å². The number of fused-ring (bicyclic) bond motifs is 2. The van der Waals surface area contributed by atoms with Gasteiger partial charge in [-0.25, -0.2) is 0 Å². The number of carbonyl (C=O) groups excluding carboxylic acids is 3. The Morgan fingerprint density at radius 1 is 1.11 bits per heavy atom. The van der Waals surface area contributed by atoms with E-state index in [1.165, 1.54) is 9.80 Å². The first kappa shape index (κ1) is 24.2. The zero-order chi connectivity index (χ0) is 25.3. The average molecular weight is 476 g/mol. The smallest absolute Gasteiger partial charge is 0.296 e. The van der Waals surface area contributed by atoms with Crippen molar-refractivity contribution >= 4 is 29.0 Å². The lowest BCUT2D eigenvalue weighted by Gasteiger charge is -2.34. The highest BCUT2D eigenvalue weighted by Gasteiger charge is 2.66. The molecule has 2 aliphatic heterocycles. The van der Waals surface area contributed by atoms with Crippen LogP contribution in [0.2, 0.25) is 0 Å². The van der Waals surface area contributed by atoms with Crippen molar-refractivity contribution in [2.45, 2.75) is 12.0 Å². The second-order valence-electron chi connectivity index (χ2n) is 8.88. The molecule has 2 aliphatic rings. The minimum absolute atomic E-state index is 0.182. The van der Waals surface area contributed by atoms with Crippen LogP contribution >= 0.6 is 0 Å². The van der Waals surface area contributed by atoms with Gasteiger partial charge in [0.1, 0.15) is 18.1 Å². The zero-order valence-electron chi connectivity index (χ0n) is 20.2. The van der Waals surface area contributed by atoms with Crippen molar-refractivity contribution in [3.8, 4) is 5.75 Å². The number of aliphatic hydroxyl groups is 1. The Hall–Kier alpha value is -3.91.